The highest BCUT2D eigenvalue weighted by molar-refractivity contribution is 6.26. The molecule has 0 aliphatic carbocycles. The number of benzene rings is 8. The molecule has 0 saturated heterocycles. The van der Waals surface area contributed by atoms with Gasteiger partial charge in [0.05, 0.1) is 22.1 Å². The molecule has 4 aromatic heterocycles. The summed E-state index contributed by atoms with van der Waals surface area (Å²) in [5.74, 6) is 1.81. The molecule has 12 rings (SSSR count). The number of furan rings is 1. The van der Waals surface area contributed by atoms with Gasteiger partial charge in [0.2, 0.25) is 5.95 Å². The van der Waals surface area contributed by atoms with Crippen LogP contribution in [-0.2, 0) is 0 Å². The highest BCUT2D eigenvalue weighted by Crippen LogP contribution is 2.43. The van der Waals surface area contributed by atoms with E-state index in [0.29, 0.717) is 17.6 Å². The van der Waals surface area contributed by atoms with Crippen LogP contribution in [0.2, 0.25) is 0 Å². The van der Waals surface area contributed by atoms with Crippen LogP contribution in [0.1, 0.15) is 0 Å². The first kappa shape index (κ1) is 31.5. The van der Waals surface area contributed by atoms with E-state index >= 15 is 0 Å². The second-order valence-electron chi connectivity index (χ2n) is 14.4. The molecule has 57 heavy (non-hydrogen) atoms. The van der Waals surface area contributed by atoms with Crippen molar-refractivity contribution in [3.8, 4) is 45.5 Å². The molecule has 0 saturated carbocycles. The van der Waals surface area contributed by atoms with Crippen molar-refractivity contribution >= 4 is 65.6 Å². The number of hydrogen-bond donors (Lipinski definition) is 0. The van der Waals surface area contributed by atoms with Crippen LogP contribution in [0.25, 0.3) is 111 Å². The fourth-order valence-electron chi connectivity index (χ4n) is 8.60. The molecule has 0 bridgehead atoms. The maximum Gasteiger partial charge on any atom is 0.238 e. The molecule has 4 heterocycles. The Labute approximate surface area is 326 Å². The lowest BCUT2D eigenvalue weighted by molar-refractivity contribution is 0.669. The molecule has 8 aromatic carbocycles. The summed E-state index contributed by atoms with van der Waals surface area (Å²) in [5, 5.41) is 6.79. The van der Waals surface area contributed by atoms with E-state index in [0.717, 1.165) is 77.2 Å². The Morgan fingerprint density at radius 1 is 0.351 bits per heavy atom. The Morgan fingerprint density at radius 3 is 1.58 bits per heavy atom. The Bertz CT molecular complexity index is 3450. The zero-order valence-corrected chi connectivity index (χ0v) is 30.5. The predicted molar refractivity (Wildman–Crippen MR) is 232 cm³/mol. The topological polar surface area (TPSA) is 61.7 Å². The smallest absolute Gasteiger partial charge is 0.238 e. The monoisotopic (exact) mass is 729 g/mol. The van der Waals surface area contributed by atoms with Crippen LogP contribution in [0.3, 0.4) is 0 Å². The number of aromatic nitrogens is 5. The average Bonchev–Trinajstić information content (AvgIpc) is 3.94. The summed E-state index contributed by atoms with van der Waals surface area (Å²) < 4.78 is 11.2. The largest absolute Gasteiger partial charge is 0.456 e. The van der Waals surface area contributed by atoms with Crippen molar-refractivity contribution < 1.29 is 4.42 Å². The lowest BCUT2D eigenvalue weighted by Crippen LogP contribution is -2.06. The molecule has 6 heteroatoms. The summed E-state index contributed by atoms with van der Waals surface area (Å²) in [7, 11) is 0. The van der Waals surface area contributed by atoms with Crippen molar-refractivity contribution in [2.24, 2.45) is 0 Å². The number of para-hydroxylation sites is 2. The average molecular weight is 730 g/mol. The first-order chi connectivity index (χ1) is 28.3. The van der Waals surface area contributed by atoms with Crippen molar-refractivity contribution in [2.75, 3.05) is 0 Å². The molecule has 0 aliphatic heterocycles. The summed E-state index contributed by atoms with van der Waals surface area (Å²) in [5.41, 5.74) is 11.2. The lowest BCUT2D eigenvalue weighted by atomic mass is 10.0. The SMILES string of the molecule is c1ccc(-c2ccc3c(c2)oc2cc(-n4c5ccccc5c5ccc6c(c7ccccc7n6-c6nc(-c7ccccc7)nc(-c7ccccc7)n6)c54)ccc23)cc1. The number of hydrogen-bond acceptors (Lipinski definition) is 4. The third-order valence-electron chi connectivity index (χ3n) is 11.2. The van der Waals surface area contributed by atoms with Gasteiger partial charge in [-0.2, -0.15) is 9.97 Å². The molecule has 0 fully saturated rings. The van der Waals surface area contributed by atoms with Crippen LogP contribution in [-0.4, -0.2) is 24.1 Å². The minimum absolute atomic E-state index is 0.564. The molecule has 0 spiro atoms. The quantitative estimate of drug-likeness (QED) is 0.177. The van der Waals surface area contributed by atoms with Crippen molar-refractivity contribution in [2.45, 2.75) is 0 Å². The maximum atomic E-state index is 6.65. The number of nitrogens with zero attached hydrogens (tertiary/aromatic N) is 5. The summed E-state index contributed by atoms with van der Waals surface area (Å²) in [4.78, 5) is 15.3. The van der Waals surface area contributed by atoms with Crippen LogP contribution < -0.4 is 0 Å². The van der Waals surface area contributed by atoms with Gasteiger partial charge in [-0.25, -0.2) is 4.98 Å². The molecule has 0 atom stereocenters. The zero-order valence-electron chi connectivity index (χ0n) is 30.5. The summed E-state index contributed by atoms with van der Waals surface area (Å²) in [6.07, 6.45) is 0. The summed E-state index contributed by atoms with van der Waals surface area (Å²) in [6, 6.07) is 65.5. The van der Waals surface area contributed by atoms with E-state index in [2.05, 4.69) is 130 Å². The van der Waals surface area contributed by atoms with Gasteiger partial charge in [0.25, 0.3) is 0 Å². The summed E-state index contributed by atoms with van der Waals surface area (Å²) >= 11 is 0. The molecule has 6 nitrogen and oxygen atoms in total. The van der Waals surface area contributed by atoms with Gasteiger partial charge in [0.15, 0.2) is 11.6 Å². The van der Waals surface area contributed by atoms with E-state index in [-0.39, 0.29) is 0 Å². The van der Waals surface area contributed by atoms with E-state index < -0.39 is 0 Å². The molecule has 0 unspecified atom stereocenters. The molecular formula is C51H31N5O. The van der Waals surface area contributed by atoms with Gasteiger partial charge in [-0.3, -0.25) is 4.57 Å². The van der Waals surface area contributed by atoms with Gasteiger partial charge in [0.1, 0.15) is 11.2 Å². The van der Waals surface area contributed by atoms with Crippen LogP contribution in [0.5, 0.6) is 0 Å². The fourth-order valence-corrected chi connectivity index (χ4v) is 8.60. The van der Waals surface area contributed by atoms with E-state index in [1.807, 2.05) is 66.7 Å². The van der Waals surface area contributed by atoms with Gasteiger partial charge in [-0.15, -0.1) is 0 Å². The highest BCUT2D eigenvalue weighted by atomic mass is 16.3. The third-order valence-corrected chi connectivity index (χ3v) is 11.2. The van der Waals surface area contributed by atoms with E-state index in [9.17, 15) is 0 Å². The van der Waals surface area contributed by atoms with E-state index in [1.165, 1.54) is 16.3 Å². The molecule has 0 radical (unpaired) electrons. The second-order valence-corrected chi connectivity index (χ2v) is 14.4. The zero-order chi connectivity index (χ0) is 37.5. The van der Waals surface area contributed by atoms with Crippen LogP contribution >= 0.6 is 0 Å². The van der Waals surface area contributed by atoms with Crippen molar-refractivity contribution in [3.05, 3.63) is 188 Å². The van der Waals surface area contributed by atoms with E-state index in [1.54, 1.807) is 0 Å². The first-order valence-corrected chi connectivity index (χ1v) is 19.1. The Kier molecular flexibility index (Phi) is 6.83. The highest BCUT2D eigenvalue weighted by Gasteiger charge is 2.23. The van der Waals surface area contributed by atoms with Crippen LogP contribution in [0.15, 0.2) is 192 Å². The Hall–Kier alpha value is -7.83. The number of rotatable bonds is 5. The van der Waals surface area contributed by atoms with Crippen molar-refractivity contribution in [1.82, 2.24) is 24.1 Å². The second kappa shape index (κ2) is 12.3. The molecule has 0 amide bonds. The number of fused-ring (bicyclic) bond motifs is 10. The molecule has 12 aromatic rings. The van der Waals surface area contributed by atoms with Gasteiger partial charge >= 0.3 is 0 Å². The minimum atomic E-state index is 0.564. The lowest BCUT2D eigenvalue weighted by Gasteiger charge is -2.11. The van der Waals surface area contributed by atoms with Gasteiger partial charge in [-0.05, 0) is 53.6 Å². The van der Waals surface area contributed by atoms with E-state index in [4.69, 9.17) is 19.4 Å². The normalized spacial score (nSPS) is 11.9. The third kappa shape index (κ3) is 4.87. The molecular weight excluding hydrogens is 699 g/mol. The fraction of sp³-hybridized carbons (Fsp3) is 0. The van der Waals surface area contributed by atoms with Gasteiger partial charge in [-0.1, -0.05) is 140 Å². The summed E-state index contributed by atoms with van der Waals surface area (Å²) in [6.45, 7) is 0. The Balaban J connectivity index is 1.13. The van der Waals surface area contributed by atoms with Crippen LogP contribution in [0, 0.1) is 0 Å². The standard InChI is InChI=1S/C51H31N5O/c1-4-14-32(15-5-1)35-24-26-38-39-27-25-36(31-46(39)57-45(38)30-35)55-42-22-12-10-20-37(42)40-28-29-44-47(48(40)55)41-21-11-13-23-43(41)56(44)51-53-49(33-16-6-2-7-17-33)52-50(54-51)34-18-8-3-9-19-34/h1-31H. The molecule has 0 aliphatic rings. The maximum absolute atomic E-state index is 6.65. The van der Waals surface area contributed by atoms with Crippen molar-refractivity contribution in [1.29, 1.82) is 0 Å². The van der Waals surface area contributed by atoms with Gasteiger partial charge < -0.3 is 8.98 Å². The van der Waals surface area contributed by atoms with Crippen molar-refractivity contribution in [3.63, 3.8) is 0 Å². The van der Waals surface area contributed by atoms with Crippen LogP contribution in [0.4, 0.5) is 0 Å². The van der Waals surface area contributed by atoms with Gasteiger partial charge in [0, 0.05) is 55.2 Å². The molecule has 266 valence electrons. The first-order valence-electron chi connectivity index (χ1n) is 19.1. The Morgan fingerprint density at radius 2 is 0.895 bits per heavy atom. The molecule has 0 N–H and O–H groups in total. The minimum Gasteiger partial charge on any atom is -0.456 e. The predicted octanol–water partition coefficient (Wildman–Crippen LogP) is 13.0.